The van der Waals surface area contributed by atoms with Crippen molar-refractivity contribution < 1.29 is 9.53 Å². The summed E-state index contributed by atoms with van der Waals surface area (Å²) in [5, 5.41) is 0. The number of aromatic amines is 1. The summed E-state index contributed by atoms with van der Waals surface area (Å²) in [4.78, 5) is 22.7. The molecule has 1 aliphatic rings. The van der Waals surface area contributed by atoms with E-state index in [0.29, 0.717) is 0 Å². The van der Waals surface area contributed by atoms with E-state index in [1.54, 1.807) is 0 Å². The van der Waals surface area contributed by atoms with Crippen LogP contribution in [-0.2, 0) is 4.79 Å². The molecule has 3 aromatic rings. The Morgan fingerprint density at radius 2 is 2.12 bits per heavy atom. The minimum Gasteiger partial charge on any atom is -0.483 e. The molecule has 1 N–H and O–H groups in total. The Morgan fingerprint density at radius 3 is 2.92 bits per heavy atom. The Kier molecular flexibility index (Phi) is 4.37. The van der Waals surface area contributed by atoms with Crippen LogP contribution in [0.3, 0.4) is 0 Å². The van der Waals surface area contributed by atoms with Crippen molar-refractivity contribution in [1.29, 1.82) is 0 Å². The quantitative estimate of drug-likeness (QED) is 0.776. The molecule has 1 atom stereocenters. The Bertz CT molecular complexity index is 914. The molecule has 1 fully saturated rings. The average Bonchev–Trinajstić information content (AvgIpc) is 3.27. The monoisotopic (exact) mass is 349 g/mol. The van der Waals surface area contributed by atoms with Gasteiger partial charge in [0.1, 0.15) is 11.6 Å². The average molecular weight is 349 g/mol. The zero-order valence-electron chi connectivity index (χ0n) is 15.2. The van der Waals surface area contributed by atoms with E-state index in [0.717, 1.165) is 47.6 Å². The molecule has 0 radical (unpaired) electrons. The molecule has 2 aromatic carbocycles. The normalized spacial score (nSPS) is 17.0. The number of ether oxygens (including phenoxy) is 1. The van der Waals surface area contributed by atoms with Crippen molar-refractivity contribution >= 4 is 16.9 Å². The molecule has 1 saturated heterocycles. The summed E-state index contributed by atoms with van der Waals surface area (Å²) in [7, 11) is 0. The third kappa shape index (κ3) is 3.17. The Morgan fingerprint density at radius 1 is 1.27 bits per heavy atom. The highest BCUT2D eigenvalue weighted by atomic mass is 16.5. The zero-order chi connectivity index (χ0) is 18.1. The van der Waals surface area contributed by atoms with Crippen LogP contribution in [0.1, 0.15) is 35.8 Å². The molecule has 0 bridgehead atoms. The summed E-state index contributed by atoms with van der Waals surface area (Å²) >= 11 is 0. The first-order valence-electron chi connectivity index (χ1n) is 9.06. The molecule has 2 heterocycles. The molecule has 1 amide bonds. The number of para-hydroxylation sites is 2. The minimum atomic E-state index is -0.00221. The van der Waals surface area contributed by atoms with Gasteiger partial charge in [-0.05, 0) is 50.5 Å². The molecule has 4 rings (SSSR count). The van der Waals surface area contributed by atoms with Crippen LogP contribution in [0.15, 0.2) is 42.5 Å². The Labute approximate surface area is 153 Å². The summed E-state index contributed by atoms with van der Waals surface area (Å²) in [5.74, 6) is 1.64. The van der Waals surface area contributed by atoms with E-state index in [4.69, 9.17) is 4.74 Å². The molecule has 0 aliphatic carbocycles. The number of carbonyl (C=O) groups is 1. The lowest BCUT2D eigenvalue weighted by Gasteiger charge is -2.23. The molecule has 0 unspecified atom stereocenters. The van der Waals surface area contributed by atoms with Crippen LogP contribution >= 0.6 is 0 Å². The van der Waals surface area contributed by atoms with Crippen LogP contribution in [0.5, 0.6) is 5.75 Å². The number of hydrogen-bond donors (Lipinski definition) is 1. The molecule has 0 saturated carbocycles. The first-order valence-corrected chi connectivity index (χ1v) is 9.06. The van der Waals surface area contributed by atoms with Gasteiger partial charge in [-0.3, -0.25) is 4.79 Å². The van der Waals surface area contributed by atoms with Gasteiger partial charge in [-0.25, -0.2) is 4.98 Å². The maximum Gasteiger partial charge on any atom is 0.261 e. The smallest absolute Gasteiger partial charge is 0.261 e. The lowest BCUT2D eigenvalue weighted by molar-refractivity contribution is -0.134. The number of rotatable bonds is 4. The van der Waals surface area contributed by atoms with Crippen molar-refractivity contribution in [2.45, 2.75) is 32.7 Å². The SMILES string of the molecule is Cc1ccc(OCC(=O)N2CCC[C@H]2c2nc3ccccc3[nH]2)c(C)c1. The van der Waals surface area contributed by atoms with E-state index in [-0.39, 0.29) is 18.6 Å². The molecular formula is C21H23N3O2. The molecule has 5 heteroatoms. The fourth-order valence-corrected chi connectivity index (χ4v) is 3.66. The van der Waals surface area contributed by atoms with Gasteiger partial charge in [0.2, 0.25) is 0 Å². The number of likely N-dealkylation sites (tertiary alicyclic amines) is 1. The van der Waals surface area contributed by atoms with Crippen molar-refractivity contribution in [1.82, 2.24) is 14.9 Å². The van der Waals surface area contributed by atoms with Crippen LogP contribution in [0.2, 0.25) is 0 Å². The number of benzene rings is 2. The van der Waals surface area contributed by atoms with Gasteiger partial charge in [0.25, 0.3) is 5.91 Å². The van der Waals surface area contributed by atoms with E-state index in [2.05, 4.69) is 16.0 Å². The topological polar surface area (TPSA) is 58.2 Å². The fourth-order valence-electron chi connectivity index (χ4n) is 3.66. The van der Waals surface area contributed by atoms with Crippen molar-refractivity contribution in [2.75, 3.05) is 13.2 Å². The van der Waals surface area contributed by atoms with E-state index >= 15 is 0 Å². The van der Waals surface area contributed by atoms with Gasteiger partial charge < -0.3 is 14.6 Å². The predicted octanol–water partition coefficient (Wildman–Crippen LogP) is 3.92. The maximum atomic E-state index is 12.8. The lowest BCUT2D eigenvalue weighted by atomic mass is 10.1. The first-order chi connectivity index (χ1) is 12.6. The summed E-state index contributed by atoms with van der Waals surface area (Å²) in [6.45, 7) is 4.85. The van der Waals surface area contributed by atoms with Gasteiger partial charge in [0.15, 0.2) is 6.61 Å². The summed E-state index contributed by atoms with van der Waals surface area (Å²) in [6, 6.07) is 13.9. The van der Waals surface area contributed by atoms with E-state index in [9.17, 15) is 4.79 Å². The number of nitrogens with zero attached hydrogens (tertiary/aromatic N) is 2. The summed E-state index contributed by atoms with van der Waals surface area (Å²) < 4.78 is 5.79. The van der Waals surface area contributed by atoms with Crippen LogP contribution in [0.4, 0.5) is 0 Å². The number of aromatic nitrogens is 2. The number of aryl methyl sites for hydroxylation is 2. The van der Waals surface area contributed by atoms with Crippen molar-refractivity contribution in [3.8, 4) is 5.75 Å². The van der Waals surface area contributed by atoms with Crippen LogP contribution in [0, 0.1) is 13.8 Å². The van der Waals surface area contributed by atoms with Crippen LogP contribution in [-0.4, -0.2) is 33.9 Å². The van der Waals surface area contributed by atoms with Crippen LogP contribution in [0.25, 0.3) is 11.0 Å². The summed E-state index contributed by atoms with van der Waals surface area (Å²) in [6.07, 6.45) is 1.91. The predicted molar refractivity (Wildman–Crippen MR) is 101 cm³/mol. The van der Waals surface area contributed by atoms with Crippen molar-refractivity contribution in [3.05, 3.63) is 59.4 Å². The van der Waals surface area contributed by atoms with E-state index < -0.39 is 0 Å². The largest absolute Gasteiger partial charge is 0.483 e. The molecule has 5 nitrogen and oxygen atoms in total. The van der Waals surface area contributed by atoms with Gasteiger partial charge in [0.05, 0.1) is 17.1 Å². The number of amides is 1. The first kappa shape index (κ1) is 16.6. The fraction of sp³-hybridized carbons (Fsp3) is 0.333. The third-order valence-corrected chi connectivity index (χ3v) is 4.98. The molecule has 0 spiro atoms. The molecular weight excluding hydrogens is 326 g/mol. The number of hydrogen-bond acceptors (Lipinski definition) is 3. The van der Waals surface area contributed by atoms with E-state index in [1.807, 2.05) is 55.1 Å². The minimum absolute atomic E-state index is 0.00221. The molecule has 1 aliphatic heterocycles. The van der Waals surface area contributed by atoms with Gasteiger partial charge in [-0.2, -0.15) is 0 Å². The molecule has 134 valence electrons. The number of imidazole rings is 1. The van der Waals surface area contributed by atoms with Crippen molar-refractivity contribution in [3.63, 3.8) is 0 Å². The second kappa shape index (κ2) is 6.83. The number of carbonyl (C=O) groups excluding carboxylic acids is 1. The highest BCUT2D eigenvalue weighted by Crippen LogP contribution is 2.31. The molecule has 1 aromatic heterocycles. The van der Waals surface area contributed by atoms with Gasteiger partial charge >= 0.3 is 0 Å². The number of fused-ring (bicyclic) bond motifs is 1. The lowest BCUT2D eigenvalue weighted by Crippen LogP contribution is -2.35. The third-order valence-electron chi connectivity index (χ3n) is 4.98. The number of H-pyrrole nitrogens is 1. The summed E-state index contributed by atoms with van der Waals surface area (Å²) in [5.41, 5.74) is 4.18. The highest BCUT2D eigenvalue weighted by molar-refractivity contribution is 5.79. The van der Waals surface area contributed by atoms with E-state index in [1.165, 1.54) is 5.56 Å². The number of nitrogens with one attached hydrogen (secondary N) is 1. The van der Waals surface area contributed by atoms with Crippen molar-refractivity contribution in [2.24, 2.45) is 0 Å². The van der Waals surface area contributed by atoms with Crippen LogP contribution < -0.4 is 4.74 Å². The second-order valence-electron chi connectivity index (χ2n) is 6.94. The van der Waals surface area contributed by atoms with Gasteiger partial charge in [-0.15, -0.1) is 0 Å². The standard InChI is InChI=1S/C21H23N3O2/c1-14-9-10-19(15(2)12-14)26-13-20(25)24-11-5-8-18(24)21-22-16-6-3-4-7-17(16)23-21/h3-4,6-7,9-10,12,18H,5,8,11,13H2,1-2H3,(H,22,23)/t18-/m0/s1. The zero-order valence-corrected chi connectivity index (χ0v) is 15.2. The van der Waals surface area contributed by atoms with Gasteiger partial charge in [-0.1, -0.05) is 29.8 Å². The second-order valence-corrected chi connectivity index (χ2v) is 6.94. The Hall–Kier alpha value is -2.82. The highest BCUT2D eigenvalue weighted by Gasteiger charge is 2.32. The molecule has 26 heavy (non-hydrogen) atoms. The van der Waals surface area contributed by atoms with Gasteiger partial charge in [0, 0.05) is 6.54 Å². The Balaban J connectivity index is 1.48. The maximum absolute atomic E-state index is 12.8.